The van der Waals surface area contributed by atoms with Crippen molar-refractivity contribution >= 4 is 46.7 Å². The van der Waals surface area contributed by atoms with E-state index in [1.54, 1.807) is 11.8 Å². The van der Waals surface area contributed by atoms with Gasteiger partial charge in [0.15, 0.2) is 5.03 Å². The first-order chi connectivity index (χ1) is 10.1. The minimum atomic E-state index is -0.605. The highest BCUT2D eigenvalue weighted by atomic mass is 35.5. The summed E-state index contributed by atoms with van der Waals surface area (Å²) in [6, 6.07) is 5.42. The van der Waals surface area contributed by atoms with Crippen LogP contribution >= 0.6 is 46.7 Å². The number of nitrogens with one attached hydrogen (secondary N) is 2. The molecule has 0 aliphatic rings. The molecule has 0 saturated carbocycles. The summed E-state index contributed by atoms with van der Waals surface area (Å²) < 4.78 is 0. The Balaban J connectivity index is 1.80. The van der Waals surface area contributed by atoms with Gasteiger partial charge in [-0.1, -0.05) is 41.0 Å². The minimum absolute atomic E-state index is 0.256. The van der Waals surface area contributed by atoms with E-state index in [4.69, 9.17) is 23.2 Å². The van der Waals surface area contributed by atoms with Crippen molar-refractivity contribution < 1.29 is 0 Å². The maximum atomic E-state index is 11.4. The van der Waals surface area contributed by atoms with Gasteiger partial charge < -0.3 is 0 Å². The first kappa shape index (κ1) is 16.5. The Bertz CT molecular complexity index is 713. The molecular formula is C12H11Cl2N3O2S2. The summed E-state index contributed by atoms with van der Waals surface area (Å²) in [6.45, 7) is 0. The zero-order valence-electron chi connectivity index (χ0n) is 10.7. The van der Waals surface area contributed by atoms with E-state index in [-0.39, 0.29) is 5.03 Å². The molecule has 0 aliphatic carbocycles. The molecule has 1 heterocycles. The van der Waals surface area contributed by atoms with Crippen molar-refractivity contribution in [3.8, 4) is 0 Å². The van der Waals surface area contributed by atoms with E-state index in [1.165, 1.54) is 11.8 Å². The zero-order valence-corrected chi connectivity index (χ0v) is 13.8. The summed E-state index contributed by atoms with van der Waals surface area (Å²) in [5.41, 5.74) is -0.161. The molecule has 2 aromatic rings. The molecule has 1 aromatic heterocycles. The molecular weight excluding hydrogens is 353 g/mol. The number of rotatable bonds is 6. The van der Waals surface area contributed by atoms with Crippen molar-refractivity contribution in [1.29, 1.82) is 0 Å². The molecule has 1 aromatic carbocycles. The van der Waals surface area contributed by atoms with Gasteiger partial charge in [-0.25, -0.2) is 9.89 Å². The molecule has 0 amide bonds. The molecule has 0 fully saturated rings. The van der Waals surface area contributed by atoms with Crippen molar-refractivity contribution in [3.63, 3.8) is 0 Å². The average Bonchev–Trinajstić information content (AvgIpc) is 2.43. The Labute approximate surface area is 138 Å². The third-order valence-corrected chi connectivity index (χ3v) is 5.37. The quantitative estimate of drug-likeness (QED) is 0.609. The van der Waals surface area contributed by atoms with Crippen LogP contribution in [-0.2, 0) is 5.75 Å². The van der Waals surface area contributed by atoms with Crippen LogP contribution in [0.2, 0.25) is 10.0 Å². The fourth-order valence-corrected chi connectivity index (χ4v) is 4.12. The van der Waals surface area contributed by atoms with Crippen LogP contribution in [0, 0.1) is 0 Å². The monoisotopic (exact) mass is 363 g/mol. The lowest BCUT2D eigenvalue weighted by molar-refractivity contribution is 0.807. The lowest BCUT2D eigenvalue weighted by Crippen LogP contribution is -2.25. The van der Waals surface area contributed by atoms with E-state index < -0.39 is 11.2 Å². The molecule has 2 N–H and O–H groups in total. The standard InChI is InChI=1S/C12H11Cl2N3O2S2/c13-8-2-1-3-9(14)7(8)6-20-4-5-21-11-10(18)15-12(19)17-16-11/h1-3H,4-6H2,(H2,15,17,18,19). The second kappa shape index (κ2) is 7.93. The van der Waals surface area contributed by atoms with Gasteiger partial charge in [-0.3, -0.25) is 9.78 Å². The third-order valence-electron chi connectivity index (χ3n) is 2.45. The fourth-order valence-electron chi connectivity index (χ4n) is 1.48. The van der Waals surface area contributed by atoms with E-state index in [9.17, 15) is 9.59 Å². The van der Waals surface area contributed by atoms with Crippen LogP contribution in [0.4, 0.5) is 0 Å². The van der Waals surface area contributed by atoms with E-state index in [2.05, 4.69) is 15.2 Å². The third kappa shape index (κ3) is 4.81. The number of thioether (sulfide) groups is 2. The van der Waals surface area contributed by atoms with E-state index in [0.29, 0.717) is 21.6 Å². The lowest BCUT2D eigenvalue weighted by atomic mass is 10.2. The van der Waals surface area contributed by atoms with E-state index >= 15 is 0 Å². The maximum Gasteiger partial charge on any atom is 0.342 e. The molecule has 112 valence electrons. The molecule has 0 bridgehead atoms. The molecule has 0 saturated heterocycles. The van der Waals surface area contributed by atoms with E-state index in [1.807, 2.05) is 18.2 Å². The number of halogens is 2. The number of hydrogen-bond donors (Lipinski definition) is 2. The molecule has 9 heteroatoms. The maximum absolute atomic E-state index is 11.4. The van der Waals surface area contributed by atoms with Gasteiger partial charge in [-0.2, -0.15) is 16.9 Å². The van der Waals surface area contributed by atoms with Crippen LogP contribution in [0.3, 0.4) is 0 Å². The molecule has 0 aliphatic heterocycles. The molecule has 2 rings (SSSR count). The smallest absolute Gasteiger partial charge is 0.271 e. The van der Waals surface area contributed by atoms with E-state index in [0.717, 1.165) is 11.3 Å². The van der Waals surface area contributed by atoms with Crippen LogP contribution in [0.1, 0.15) is 5.56 Å². The van der Waals surface area contributed by atoms with Crippen molar-refractivity contribution in [2.75, 3.05) is 11.5 Å². The highest BCUT2D eigenvalue weighted by molar-refractivity contribution is 8.02. The average molecular weight is 364 g/mol. The van der Waals surface area contributed by atoms with Gasteiger partial charge in [0.25, 0.3) is 5.56 Å². The van der Waals surface area contributed by atoms with Gasteiger partial charge in [0.1, 0.15) is 0 Å². The Kier molecular flexibility index (Phi) is 6.22. The normalized spacial score (nSPS) is 10.8. The fraction of sp³-hybridized carbons (Fsp3) is 0.250. The Morgan fingerprint density at radius 2 is 1.86 bits per heavy atom. The summed E-state index contributed by atoms with van der Waals surface area (Å²) in [7, 11) is 0. The number of aromatic nitrogens is 3. The molecule has 0 atom stereocenters. The highest BCUT2D eigenvalue weighted by Crippen LogP contribution is 2.28. The second-order valence-corrected chi connectivity index (χ2v) is 6.92. The number of nitrogens with zero attached hydrogens (tertiary/aromatic N) is 1. The summed E-state index contributed by atoms with van der Waals surface area (Å²) in [6.07, 6.45) is 0. The van der Waals surface area contributed by atoms with Crippen LogP contribution in [0.25, 0.3) is 0 Å². The molecule has 0 spiro atoms. The highest BCUT2D eigenvalue weighted by Gasteiger charge is 2.06. The largest absolute Gasteiger partial charge is 0.342 e. The van der Waals surface area contributed by atoms with Crippen LogP contribution in [0.5, 0.6) is 0 Å². The number of benzene rings is 1. The predicted molar refractivity (Wildman–Crippen MR) is 88.8 cm³/mol. The van der Waals surface area contributed by atoms with Gasteiger partial charge >= 0.3 is 5.69 Å². The van der Waals surface area contributed by atoms with Gasteiger partial charge in [0.05, 0.1) is 0 Å². The Hall–Kier alpha value is -0.890. The van der Waals surface area contributed by atoms with Crippen molar-refractivity contribution in [3.05, 3.63) is 54.6 Å². The SMILES string of the molecule is O=c1[nH]nc(SCCSCc2c(Cl)cccc2Cl)c(=O)[nH]1. The van der Waals surface area contributed by atoms with Crippen LogP contribution in [0.15, 0.2) is 32.8 Å². The Morgan fingerprint density at radius 1 is 1.14 bits per heavy atom. The zero-order chi connectivity index (χ0) is 15.2. The minimum Gasteiger partial charge on any atom is -0.271 e. The topological polar surface area (TPSA) is 78.6 Å². The first-order valence-electron chi connectivity index (χ1n) is 5.90. The van der Waals surface area contributed by atoms with Gasteiger partial charge in [-0.15, -0.1) is 0 Å². The summed E-state index contributed by atoms with van der Waals surface area (Å²) in [5, 5.41) is 7.45. The van der Waals surface area contributed by atoms with Crippen molar-refractivity contribution in [2.45, 2.75) is 10.8 Å². The predicted octanol–water partition coefficient (Wildman–Crippen LogP) is 2.79. The number of H-pyrrole nitrogens is 2. The summed E-state index contributed by atoms with van der Waals surface area (Å²) >= 11 is 15.1. The molecule has 0 radical (unpaired) electrons. The molecule has 0 unspecified atom stereocenters. The number of hydrogen-bond acceptors (Lipinski definition) is 5. The van der Waals surface area contributed by atoms with Crippen molar-refractivity contribution in [2.24, 2.45) is 0 Å². The van der Waals surface area contributed by atoms with Gasteiger partial charge in [0, 0.05) is 27.3 Å². The molecule has 5 nitrogen and oxygen atoms in total. The Morgan fingerprint density at radius 3 is 2.52 bits per heavy atom. The van der Waals surface area contributed by atoms with Crippen LogP contribution < -0.4 is 11.2 Å². The summed E-state index contributed by atoms with van der Waals surface area (Å²) in [5.74, 6) is 2.19. The summed E-state index contributed by atoms with van der Waals surface area (Å²) in [4.78, 5) is 24.4. The lowest BCUT2D eigenvalue weighted by Gasteiger charge is -2.06. The first-order valence-corrected chi connectivity index (χ1v) is 8.80. The van der Waals surface area contributed by atoms with Crippen LogP contribution in [-0.4, -0.2) is 26.7 Å². The number of aromatic amines is 2. The molecule has 21 heavy (non-hydrogen) atoms. The second-order valence-electron chi connectivity index (χ2n) is 3.91. The van der Waals surface area contributed by atoms with Crippen molar-refractivity contribution in [1.82, 2.24) is 15.2 Å². The van der Waals surface area contributed by atoms with Gasteiger partial charge in [-0.05, 0) is 17.7 Å². The van der Waals surface area contributed by atoms with Gasteiger partial charge in [0.2, 0.25) is 0 Å².